The van der Waals surface area contributed by atoms with Gasteiger partial charge in [0.1, 0.15) is 6.04 Å². The van der Waals surface area contributed by atoms with E-state index in [2.05, 4.69) is 20.6 Å². The smallest absolute Gasteiger partial charge is 0.272 e. The van der Waals surface area contributed by atoms with Crippen LogP contribution >= 0.6 is 0 Å². The molecule has 1 saturated carbocycles. The number of hydrogen-bond donors (Lipinski definition) is 1. The van der Waals surface area contributed by atoms with Crippen molar-refractivity contribution in [3.05, 3.63) is 47.4 Å². The second-order valence-electron chi connectivity index (χ2n) is 6.06. The molecule has 0 unspecified atom stereocenters. The second kappa shape index (κ2) is 5.19. The highest BCUT2D eigenvalue weighted by molar-refractivity contribution is 5.93. The maximum Gasteiger partial charge on any atom is 0.272 e. The Labute approximate surface area is 132 Å². The topological polar surface area (TPSA) is 85.3 Å². The van der Waals surface area contributed by atoms with Crippen molar-refractivity contribution in [2.45, 2.75) is 38.6 Å². The Hall–Kier alpha value is -2.70. The highest BCUT2D eigenvalue weighted by Crippen LogP contribution is 2.38. The van der Waals surface area contributed by atoms with Gasteiger partial charge in [0.05, 0.1) is 5.52 Å². The van der Waals surface area contributed by atoms with Gasteiger partial charge in [0.25, 0.3) is 5.91 Å². The zero-order valence-electron chi connectivity index (χ0n) is 13.0. The van der Waals surface area contributed by atoms with Crippen molar-refractivity contribution in [2.75, 3.05) is 0 Å². The van der Waals surface area contributed by atoms with Crippen molar-refractivity contribution in [2.24, 2.45) is 0 Å². The standard InChI is InChI=1S/C16H17N5O2/c1-9-5-6-21-12(7-9)8-13(19-21)15(22)17-10(2)16-18-14(20-23-16)11-3-4-11/h5-8,10-11H,3-4H2,1-2H3,(H,17,22)/t10-/m1/s1. The van der Waals surface area contributed by atoms with Crippen LogP contribution in [0, 0.1) is 6.92 Å². The zero-order chi connectivity index (χ0) is 16.0. The number of amides is 1. The van der Waals surface area contributed by atoms with Crippen LogP contribution in [0.2, 0.25) is 0 Å². The Balaban J connectivity index is 1.50. The first kappa shape index (κ1) is 13.9. The van der Waals surface area contributed by atoms with E-state index in [4.69, 9.17) is 4.52 Å². The largest absolute Gasteiger partial charge is 0.339 e. The highest BCUT2D eigenvalue weighted by Gasteiger charge is 2.30. The summed E-state index contributed by atoms with van der Waals surface area (Å²) in [5.41, 5.74) is 2.37. The lowest BCUT2D eigenvalue weighted by Gasteiger charge is -2.07. The van der Waals surface area contributed by atoms with Gasteiger partial charge in [-0.05, 0) is 50.5 Å². The van der Waals surface area contributed by atoms with Gasteiger partial charge in [-0.15, -0.1) is 0 Å². The van der Waals surface area contributed by atoms with Gasteiger partial charge in [0.2, 0.25) is 5.89 Å². The SMILES string of the molecule is Cc1ccn2nc(C(=O)N[C@H](C)c3nc(C4CC4)no3)cc2c1. The molecule has 0 bridgehead atoms. The zero-order valence-corrected chi connectivity index (χ0v) is 13.0. The van der Waals surface area contributed by atoms with E-state index in [-0.39, 0.29) is 11.9 Å². The van der Waals surface area contributed by atoms with Crippen molar-refractivity contribution < 1.29 is 9.32 Å². The molecule has 1 fully saturated rings. The molecule has 0 radical (unpaired) electrons. The summed E-state index contributed by atoms with van der Waals surface area (Å²) in [4.78, 5) is 16.7. The van der Waals surface area contributed by atoms with E-state index in [1.54, 1.807) is 10.6 Å². The van der Waals surface area contributed by atoms with E-state index in [1.807, 2.05) is 32.2 Å². The number of carbonyl (C=O) groups is 1. The van der Waals surface area contributed by atoms with Crippen LogP contribution in [-0.2, 0) is 0 Å². The predicted octanol–water partition coefficient (Wildman–Crippen LogP) is 2.39. The van der Waals surface area contributed by atoms with E-state index in [1.165, 1.54) is 0 Å². The van der Waals surface area contributed by atoms with Gasteiger partial charge >= 0.3 is 0 Å². The number of fused-ring (bicyclic) bond motifs is 1. The normalized spacial score (nSPS) is 15.7. The average Bonchev–Trinajstić information content (AvgIpc) is 3.10. The van der Waals surface area contributed by atoms with Gasteiger partial charge in [0, 0.05) is 12.1 Å². The molecule has 1 aliphatic carbocycles. The molecule has 3 aromatic heterocycles. The monoisotopic (exact) mass is 311 g/mol. The minimum atomic E-state index is -0.353. The lowest BCUT2D eigenvalue weighted by atomic mass is 10.2. The van der Waals surface area contributed by atoms with E-state index in [0.29, 0.717) is 17.5 Å². The van der Waals surface area contributed by atoms with Gasteiger partial charge in [-0.25, -0.2) is 4.52 Å². The molecule has 1 atom stereocenters. The van der Waals surface area contributed by atoms with Crippen molar-refractivity contribution >= 4 is 11.4 Å². The molecular weight excluding hydrogens is 294 g/mol. The third-order valence-corrected chi connectivity index (χ3v) is 3.97. The molecule has 23 heavy (non-hydrogen) atoms. The minimum absolute atomic E-state index is 0.259. The van der Waals surface area contributed by atoms with Crippen LogP contribution in [0.25, 0.3) is 5.52 Å². The Morgan fingerprint density at radius 3 is 3.04 bits per heavy atom. The number of nitrogens with zero attached hydrogens (tertiary/aromatic N) is 4. The van der Waals surface area contributed by atoms with Crippen LogP contribution in [0.1, 0.15) is 59.5 Å². The van der Waals surface area contributed by atoms with Crippen LogP contribution < -0.4 is 5.32 Å². The first-order valence-electron chi connectivity index (χ1n) is 7.70. The summed E-state index contributed by atoms with van der Waals surface area (Å²) in [5.74, 6) is 1.34. The van der Waals surface area contributed by atoms with Crippen molar-refractivity contribution in [3.8, 4) is 0 Å². The van der Waals surface area contributed by atoms with E-state index < -0.39 is 0 Å². The second-order valence-corrected chi connectivity index (χ2v) is 6.06. The molecule has 7 heteroatoms. The number of aromatic nitrogens is 4. The maximum atomic E-state index is 12.4. The van der Waals surface area contributed by atoms with Gasteiger partial charge in [-0.1, -0.05) is 5.16 Å². The molecule has 0 saturated heterocycles. The van der Waals surface area contributed by atoms with Gasteiger partial charge in [-0.3, -0.25) is 4.79 Å². The molecule has 3 heterocycles. The summed E-state index contributed by atoms with van der Waals surface area (Å²) in [5, 5.41) is 11.1. The molecule has 0 aromatic carbocycles. The number of hydrogen-bond acceptors (Lipinski definition) is 5. The highest BCUT2D eigenvalue weighted by atomic mass is 16.5. The van der Waals surface area contributed by atoms with E-state index >= 15 is 0 Å². The third-order valence-electron chi connectivity index (χ3n) is 3.97. The first-order valence-corrected chi connectivity index (χ1v) is 7.70. The fourth-order valence-electron chi connectivity index (χ4n) is 2.48. The summed E-state index contributed by atoms with van der Waals surface area (Å²) >= 11 is 0. The maximum absolute atomic E-state index is 12.4. The first-order chi connectivity index (χ1) is 11.1. The number of pyridine rings is 1. The molecular formula is C16H17N5O2. The summed E-state index contributed by atoms with van der Waals surface area (Å²) in [6, 6.07) is 5.34. The summed E-state index contributed by atoms with van der Waals surface area (Å²) in [6.45, 7) is 3.82. The molecule has 7 nitrogen and oxygen atoms in total. The minimum Gasteiger partial charge on any atom is -0.339 e. The van der Waals surface area contributed by atoms with Crippen molar-refractivity contribution in [1.29, 1.82) is 0 Å². The van der Waals surface area contributed by atoms with Crippen LogP contribution in [-0.4, -0.2) is 25.7 Å². The molecule has 1 amide bonds. The average molecular weight is 311 g/mol. The molecule has 0 spiro atoms. The Kier molecular flexibility index (Phi) is 3.14. The molecule has 1 aliphatic rings. The fourth-order valence-corrected chi connectivity index (χ4v) is 2.48. The van der Waals surface area contributed by atoms with Crippen LogP contribution in [0.4, 0.5) is 0 Å². The Morgan fingerprint density at radius 1 is 1.43 bits per heavy atom. The number of aryl methyl sites for hydroxylation is 1. The van der Waals surface area contributed by atoms with Crippen molar-refractivity contribution in [3.63, 3.8) is 0 Å². The number of nitrogens with one attached hydrogen (secondary N) is 1. The lowest BCUT2D eigenvalue weighted by molar-refractivity contribution is 0.0927. The number of carbonyl (C=O) groups excluding carboxylic acids is 1. The Morgan fingerprint density at radius 2 is 2.26 bits per heavy atom. The number of rotatable bonds is 4. The summed E-state index contributed by atoms with van der Waals surface area (Å²) in [6.07, 6.45) is 4.06. The molecule has 118 valence electrons. The fraction of sp³-hybridized carbons (Fsp3) is 0.375. The van der Waals surface area contributed by atoms with Crippen LogP contribution in [0.15, 0.2) is 28.9 Å². The van der Waals surface area contributed by atoms with E-state index in [9.17, 15) is 4.79 Å². The quantitative estimate of drug-likeness (QED) is 0.799. The van der Waals surface area contributed by atoms with Crippen LogP contribution in [0.5, 0.6) is 0 Å². The third kappa shape index (κ3) is 2.69. The van der Waals surface area contributed by atoms with E-state index in [0.717, 1.165) is 29.7 Å². The van der Waals surface area contributed by atoms with Gasteiger partial charge in [0.15, 0.2) is 11.5 Å². The molecule has 1 N–H and O–H groups in total. The molecule has 0 aliphatic heterocycles. The Bertz CT molecular complexity index is 878. The van der Waals surface area contributed by atoms with Gasteiger partial charge in [-0.2, -0.15) is 10.1 Å². The van der Waals surface area contributed by atoms with Gasteiger partial charge < -0.3 is 9.84 Å². The van der Waals surface area contributed by atoms with Crippen LogP contribution in [0.3, 0.4) is 0 Å². The summed E-state index contributed by atoms with van der Waals surface area (Å²) in [7, 11) is 0. The lowest BCUT2D eigenvalue weighted by Crippen LogP contribution is -2.27. The molecule has 4 rings (SSSR count). The molecule has 3 aromatic rings. The summed E-state index contributed by atoms with van der Waals surface area (Å²) < 4.78 is 6.92. The predicted molar refractivity (Wildman–Crippen MR) is 82.1 cm³/mol. The van der Waals surface area contributed by atoms with Crippen molar-refractivity contribution in [1.82, 2.24) is 25.1 Å².